The van der Waals surface area contributed by atoms with Crippen molar-refractivity contribution in [1.29, 1.82) is 0 Å². The van der Waals surface area contributed by atoms with Crippen LogP contribution in [0.4, 0.5) is 5.69 Å². The Morgan fingerprint density at radius 3 is 2.45 bits per heavy atom. The van der Waals surface area contributed by atoms with E-state index in [-0.39, 0.29) is 5.91 Å². The zero-order chi connectivity index (χ0) is 14.6. The second-order valence-corrected chi connectivity index (χ2v) is 5.58. The fourth-order valence-corrected chi connectivity index (χ4v) is 2.91. The van der Waals surface area contributed by atoms with Crippen LogP contribution in [0, 0.1) is 5.41 Å². The first kappa shape index (κ1) is 14.8. The highest BCUT2D eigenvalue weighted by molar-refractivity contribution is 5.92. The van der Waals surface area contributed by atoms with Gasteiger partial charge in [-0.05, 0) is 30.4 Å². The molecule has 2 rings (SSSR count). The van der Waals surface area contributed by atoms with Crippen LogP contribution in [0.3, 0.4) is 0 Å². The molecule has 1 aliphatic heterocycles. The standard InChI is InChI=1S/C15H24N4O/c1-3-15(4-2)7-9-19(10-8-15)14(20)13-6-5-12(18-16)11-17-13/h5-6,11,18H,3-4,7-10,16H2,1-2H3. The van der Waals surface area contributed by atoms with Crippen molar-refractivity contribution < 1.29 is 4.79 Å². The van der Waals surface area contributed by atoms with E-state index >= 15 is 0 Å². The Morgan fingerprint density at radius 2 is 2.00 bits per heavy atom. The first-order chi connectivity index (χ1) is 9.64. The van der Waals surface area contributed by atoms with Crippen LogP contribution in [-0.4, -0.2) is 28.9 Å². The zero-order valence-electron chi connectivity index (χ0n) is 12.4. The van der Waals surface area contributed by atoms with Crippen LogP contribution in [0.25, 0.3) is 0 Å². The van der Waals surface area contributed by atoms with E-state index in [1.165, 1.54) is 12.8 Å². The molecule has 1 amide bonds. The summed E-state index contributed by atoms with van der Waals surface area (Å²) >= 11 is 0. The molecular weight excluding hydrogens is 252 g/mol. The Labute approximate surface area is 120 Å². The number of nitrogens with zero attached hydrogens (tertiary/aromatic N) is 2. The van der Waals surface area contributed by atoms with Crippen molar-refractivity contribution >= 4 is 11.6 Å². The number of hydrazine groups is 1. The monoisotopic (exact) mass is 276 g/mol. The lowest BCUT2D eigenvalue weighted by atomic mass is 9.74. The molecule has 5 heteroatoms. The molecule has 1 saturated heterocycles. The van der Waals surface area contributed by atoms with Crippen LogP contribution in [0.5, 0.6) is 0 Å². The quantitative estimate of drug-likeness (QED) is 0.654. The molecule has 0 bridgehead atoms. The summed E-state index contributed by atoms with van der Waals surface area (Å²) in [7, 11) is 0. The number of nitrogens with one attached hydrogen (secondary N) is 1. The molecule has 0 spiro atoms. The maximum atomic E-state index is 12.4. The Hall–Kier alpha value is -1.62. The number of hydrogen-bond acceptors (Lipinski definition) is 4. The number of carbonyl (C=O) groups is 1. The highest BCUT2D eigenvalue weighted by Crippen LogP contribution is 2.38. The Morgan fingerprint density at radius 1 is 1.35 bits per heavy atom. The predicted molar refractivity (Wildman–Crippen MR) is 80.2 cm³/mol. The van der Waals surface area contributed by atoms with Gasteiger partial charge in [0.25, 0.3) is 5.91 Å². The van der Waals surface area contributed by atoms with Gasteiger partial charge in [0, 0.05) is 13.1 Å². The van der Waals surface area contributed by atoms with Gasteiger partial charge in [-0.3, -0.25) is 10.6 Å². The average molecular weight is 276 g/mol. The van der Waals surface area contributed by atoms with Gasteiger partial charge >= 0.3 is 0 Å². The maximum absolute atomic E-state index is 12.4. The summed E-state index contributed by atoms with van der Waals surface area (Å²) in [4.78, 5) is 18.5. The zero-order valence-corrected chi connectivity index (χ0v) is 12.4. The number of likely N-dealkylation sites (tertiary alicyclic amines) is 1. The van der Waals surface area contributed by atoms with Gasteiger partial charge in [-0.2, -0.15) is 0 Å². The first-order valence-electron chi connectivity index (χ1n) is 7.36. The highest BCUT2D eigenvalue weighted by atomic mass is 16.2. The van der Waals surface area contributed by atoms with Crippen LogP contribution in [-0.2, 0) is 0 Å². The van der Waals surface area contributed by atoms with Crippen LogP contribution in [0.2, 0.25) is 0 Å². The molecule has 0 saturated carbocycles. The minimum Gasteiger partial charge on any atom is -0.337 e. The van der Waals surface area contributed by atoms with Gasteiger partial charge in [-0.25, -0.2) is 4.98 Å². The van der Waals surface area contributed by atoms with Gasteiger partial charge in [-0.1, -0.05) is 26.7 Å². The number of amides is 1. The highest BCUT2D eigenvalue weighted by Gasteiger charge is 2.33. The lowest BCUT2D eigenvalue weighted by molar-refractivity contribution is 0.0552. The van der Waals surface area contributed by atoms with Crippen LogP contribution in [0.15, 0.2) is 18.3 Å². The summed E-state index contributed by atoms with van der Waals surface area (Å²) in [6.07, 6.45) is 6.16. The molecule has 5 nitrogen and oxygen atoms in total. The summed E-state index contributed by atoms with van der Waals surface area (Å²) in [6.45, 7) is 6.17. The molecule has 3 N–H and O–H groups in total. The van der Waals surface area contributed by atoms with E-state index < -0.39 is 0 Å². The minimum atomic E-state index is 0.0226. The van der Waals surface area contributed by atoms with E-state index in [4.69, 9.17) is 5.84 Å². The fourth-order valence-electron chi connectivity index (χ4n) is 2.91. The molecule has 0 unspecified atom stereocenters. The lowest BCUT2D eigenvalue weighted by Crippen LogP contribution is -2.43. The largest absolute Gasteiger partial charge is 0.337 e. The van der Waals surface area contributed by atoms with Gasteiger partial charge < -0.3 is 10.3 Å². The third-order valence-electron chi connectivity index (χ3n) is 4.76. The second-order valence-electron chi connectivity index (χ2n) is 5.58. The number of rotatable bonds is 4. The lowest BCUT2D eigenvalue weighted by Gasteiger charge is -2.40. The maximum Gasteiger partial charge on any atom is 0.272 e. The van der Waals surface area contributed by atoms with E-state index in [9.17, 15) is 4.79 Å². The number of carbonyl (C=O) groups excluding carboxylic acids is 1. The summed E-state index contributed by atoms with van der Waals surface area (Å²) < 4.78 is 0. The number of nitrogens with two attached hydrogens (primary N) is 1. The summed E-state index contributed by atoms with van der Waals surface area (Å²) in [5.74, 6) is 5.32. The van der Waals surface area contributed by atoms with Gasteiger partial charge in [-0.15, -0.1) is 0 Å². The molecule has 0 atom stereocenters. The molecule has 1 aromatic rings. The molecule has 20 heavy (non-hydrogen) atoms. The van der Waals surface area contributed by atoms with Gasteiger partial charge in [0.2, 0.25) is 0 Å². The van der Waals surface area contributed by atoms with Crippen LogP contribution < -0.4 is 11.3 Å². The molecule has 110 valence electrons. The summed E-state index contributed by atoms with van der Waals surface area (Å²) in [5, 5.41) is 0. The van der Waals surface area contributed by atoms with Crippen LogP contribution >= 0.6 is 0 Å². The second kappa shape index (κ2) is 6.22. The number of anilines is 1. The Kier molecular flexibility index (Phi) is 4.60. The third-order valence-corrected chi connectivity index (χ3v) is 4.76. The van der Waals surface area contributed by atoms with Gasteiger partial charge in [0.05, 0.1) is 11.9 Å². The third kappa shape index (κ3) is 2.93. The first-order valence-corrected chi connectivity index (χ1v) is 7.36. The number of nitrogen functional groups attached to an aromatic ring is 1. The average Bonchev–Trinajstić information content (AvgIpc) is 2.54. The van der Waals surface area contributed by atoms with Crippen molar-refractivity contribution in [3.05, 3.63) is 24.0 Å². The van der Waals surface area contributed by atoms with Crippen molar-refractivity contribution in [2.45, 2.75) is 39.5 Å². The molecule has 0 radical (unpaired) electrons. The van der Waals surface area contributed by atoms with E-state index in [1.54, 1.807) is 18.3 Å². The van der Waals surface area contributed by atoms with Gasteiger partial charge in [0.1, 0.15) is 5.69 Å². The molecule has 1 aliphatic rings. The summed E-state index contributed by atoms with van der Waals surface area (Å²) in [6, 6.07) is 3.49. The number of hydrogen-bond donors (Lipinski definition) is 2. The van der Waals surface area contributed by atoms with E-state index in [1.807, 2.05) is 4.90 Å². The number of pyridine rings is 1. The Bertz CT molecular complexity index is 443. The van der Waals surface area contributed by atoms with Crippen molar-refractivity contribution in [3.8, 4) is 0 Å². The molecule has 1 fully saturated rings. The van der Waals surface area contributed by atoms with Crippen molar-refractivity contribution in [1.82, 2.24) is 9.88 Å². The number of piperidine rings is 1. The van der Waals surface area contributed by atoms with Crippen molar-refractivity contribution in [3.63, 3.8) is 0 Å². The van der Waals surface area contributed by atoms with Crippen molar-refractivity contribution in [2.75, 3.05) is 18.5 Å². The van der Waals surface area contributed by atoms with E-state index in [0.29, 0.717) is 16.8 Å². The van der Waals surface area contributed by atoms with E-state index in [2.05, 4.69) is 24.3 Å². The normalized spacial score (nSPS) is 17.9. The van der Waals surface area contributed by atoms with Crippen LogP contribution in [0.1, 0.15) is 50.0 Å². The molecule has 1 aromatic heterocycles. The molecule has 0 aliphatic carbocycles. The topological polar surface area (TPSA) is 71.2 Å². The van der Waals surface area contributed by atoms with Gasteiger partial charge in [0.15, 0.2) is 0 Å². The minimum absolute atomic E-state index is 0.0226. The molecule has 0 aromatic carbocycles. The Balaban J connectivity index is 2.00. The number of aromatic nitrogens is 1. The smallest absolute Gasteiger partial charge is 0.272 e. The molecular formula is C15H24N4O. The fraction of sp³-hybridized carbons (Fsp3) is 0.600. The molecule has 2 heterocycles. The van der Waals surface area contributed by atoms with E-state index in [0.717, 1.165) is 25.9 Å². The SMILES string of the molecule is CCC1(CC)CCN(C(=O)c2ccc(NN)cn2)CC1. The summed E-state index contributed by atoms with van der Waals surface area (Å²) in [5.41, 5.74) is 4.13. The van der Waals surface area contributed by atoms with Crippen molar-refractivity contribution in [2.24, 2.45) is 11.3 Å². The predicted octanol–water partition coefficient (Wildman–Crippen LogP) is 2.41.